The van der Waals surface area contributed by atoms with Crippen LogP contribution in [0.2, 0.25) is 0 Å². The summed E-state index contributed by atoms with van der Waals surface area (Å²) in [6, 6.07) is 17.1. The first-order valence-corrected chi connectivity index (χ1v) is 11.4. The Morgan fingerprint density at radius 2 is 1.81 bits per heavy atom. The summed E-state index contributed by atoms with van der Waals surface area (Å²) < 4.78 is 8.34. The third-order valence-corrected chi connectivity index (χ3v) is 6.50. The van der Waals surface area contributed by atoms with E-state index in [4.69, 9.17) is 9.72 Å². The summed E-state index contributed by atoms with van der Waals surface area (Å²) in [6.45, 7) is 8.72. The van der Waals surface area contributed by atoms with Gasteiger partial charge in [0.15, 0.2) is 0 Å². The van der Waals surface area contributed by atoms with Crippen molar-refractivity contribution in [2.75, 3.05) is 13.2 Å². The molecule has 1 saturated heterocycles. The van der Waals surface area contributed by atoms with Crippen molar-refractivity contribution in [2.24, 2.45) is 0 Å². The number of aromatic nitrogens is 2. The molecule has 2 aliphatic rings. The van der Waals surface area contributed by atoms with Crippen LogP contribution in [0.25, 0.3) is 11.0 Å². The molecule has 5 heteroatoms. The zero-order chi connectivity index (χ0) is 21.6. The standard InChI is InChI=1S/C26H31N3O2/c1-26(2,3)19-8-12-21(13-9-19)31-15-14-28-23-7-5-4-6-22(23)27-25(28)18-16-24(30)29(17-18)20-10-11-20/h4-9,12-13,18,20H,10-11,14-17H2,1-3H3. The molecule has 1 aliphatic carbocycles. The van der Waals surface area contributed by atoms with E-state index in [0.717, 1.165) is 42.0 Å². The van der Waals surface area contributed by atoms with Gasteiger partial charge in [-0.1, -0.05) is 45.0 Å². The number of hydrogen-bond acceptors (Lipinski definition) is 3. The smallest absolute Gasteiger partial charge is 0.223 e. The quantitative estimate of drug-likeness (QED) is 0.574. The molecule has 31 heavy (non-hydrogen) atoms. The molecule has 5 nitrogen and oxygen atoms in total. The normalized spacial score (nSPS) is 19.4. The lowest BCUT2D eigenvalue weighted by Gasteiger charge is -2.19. The predicted molar refractivity (Wildman–Crippen MR) is 122 cm³/mol. The minimum atomic E-state index is 0.135. The minimum absolute atomic E-state index is 0.135. The summed E-state index contributed by atoms with van der Waals surface area (Å²) in [5.74, 6) is 2.34. The predicted octanol–water partition coefficient (Wildman–Crippen LogP) is 4.89. The van der Waals surface area contributed by atoms with E-state index in [1.807, 2.05) is 12.1 Å². The molecule has 0 radical (unpaired) electrons. The highest BCUT2D eigenvalue weighted by molar-refractivity contribution is 5.81. The molecule has 1 aliphatic heterocycles. The highest BCUT2D eigenvalue weighted by atomic mass is 16.5. The third-order valence-electron chi connectivity index (χ3n) is 6.50. The first-order chi connectivity index (χ1) is 14.9. The van der Waals surface area contributed by atoms with Gasteiger partial charge < -0.3 is 14.2 Å². The van der Waals surface area contributed by atoms with Crippen molar-refractivity contribution in [2.45, 2.75) is 64.0 Å². The molecule has 2 heterocycles. The van der Waals surface area contributed by atoms with Gasteiger partial charge in [-0.25, -0.2) is 4.98 Å². The summed E-state index contributed by atoms with van der Waals surface area (Å²) in [5.41, 5.74) is 3.54. The molecule has 1 amide bonds. The van der Waals surface area contributed by atoms with Crippen LogP contribution in [0.1, 0.15) is 57.3 Å². The van der Waals surface area contributed by atoms with Crippen LogP contribution >= 0.6 is 0 Å². The number of ether oxygens (including phenoxy) is 1. The molecule has 0 spiro atoms. The van der Waals surface area contributed by atoms with Gasteiger partial charge in [0.05, 0.1) is 17.6 Å². The van der Waals surface area contributed by atoms with Crippen molar-refractivity contribution in [3.8, 4) is 5.75 Å². The van der Waals surface area contributed by atoms with Crippen molar-refractivity contribution >= 4 is 16.9 Å². The minimum Gasteiger partial charge on any atom is -0.492 e. The molecule has 0 N–H and O–H groups in total. The Balaban J connectivity index is 1.33. The van der Waals surface area contributed by atoms with Crippen LogP contribution in [-0.4, -0.2) is 39.6 Å². The van der Waals surface area contributed by atoms with E-state index in [0.29, 0.717) is 25.6 Å². The zero-order valence-corrected chi connectivity index (χ0v) is 18.7. The average Bonchev–Trinajstić information content (AvgIpc) is 3.42. The lowest BCUT2D eigenvalue weighted by atomic mass is 9.87. The number of hydrogen-bond donors (Lipinski definition) is 0. The van der Waals surface area contributed by atoms with Crippen molar-refractivity contribution in [3.05, 3.63) is 59.9 Å². The average molecular weight is 418 g/mol. The van der Waals surface area contributed by atoms with Gasteiger partial charge in [-0.2, -0.15) is 0 Å². The van der Waals surface area contributed by atoms with E-state index >= 15 is 0 Å². The molecule has 0 bridgehead atoms. The molecular formula is C26H31N3O2. The van der Waals surface area contributed by atoms with Gasteiger partial charge in [-0.3, -0.25) is 4.79 Å². The molecule has 1 aromatic heterocycles. The number of fused-ring (bicyclic) bond motifs is 1. The van der Waals surface area contributed by atoms with E-state index in [-0.39, 0.29) is 17.2 Å². The molecule has 1 saturated carbocycles. The maximum Gasteiger partial charge on any atom is 0.223 e. The maximum absolute atomic E-state index is 12.5. The first-order valence-electron chi connectivity index (χ1n) is 11.4. The van der Waals surface area contributed by atoms with Crippen LogP contribution in [0.5, 0.6) is 5.75 Å². The van der Waals surface area contributed by atoms with Gasteiger partial charge in [-0.15, -0.1) is 0 Å². The van der Waals surface area contributed by atoms with Gasteiger partial charge in [0.2, 0.25) is 5.91 Å². The SMILES string of the molecule is CC(C)(C)c1ccc(OCCn2c(C3CC(=O)N(C4CC4)C3)nc3ccccc32)cc1. The van der Waals surface area contributed by atoms with Gasteiger partial charge in [0.1, 0.15) is 18.2 Å². The van der Waals surface area contributed by atoms with Crippen molar-refractivity contribution in [1.82, 2.24) is 14.5 Å². The topological polar surface area (TPSA) is 47.4 Å². The monoisotopic (exact) mass is 417 g/mol. The van der Waals surface area contributed by atoms with Gasteiger partial charge in [-0.05, 0) is 48.1 Å². The number of carbonyl (C=O) groups is 1. The molecule has 2 aromatic carbocycles. The highest BCUT2D eigenvalue weighted by Gasteiger charge is 2.41. The van der Waals surface area contributed by atoms with Crippen LogP contribution in [0, 0.1) is 0 Å². The lowest BCUT2D eigenvalue weighted by molar-refractivity contribution is -0.128. The van der Waals surface area contributed by atoms with Gasteiger partial charge in [0, 0.05) is 24.9 Å². The second-order valence-corrected chi connectivity index (χ2v) is 9.91. The van der Waals surface area contributed by atoms with Gasteiger partial charge in [0.25, 0.3) is 0 Å². The summed E-state index contributed by atoms with van der Waals surface area (Å²) in [6.07, 6.45) is 2.86. The Bertz CT molecular complexity index is 1090. The zero-order valence-electron chi connectivity index (χ0n) is 18.7. The van der Waals surface area contributed by atoms with Crippen LogP contribution < -0.4 is 4.74 Å². The summed E-state index contributed by atoms with van der Waals surface area (Å²) in [5, 5.41) is 0. The number of benzene rings is 2. The molecule has 1 atom stereocenters. The van der Waals surface area contributed by atoms with Gasteiger partial charge >= 0.3 is 0 Å². The Morgan fingerprint density at radius 1 is 1.06 bits per heavy atom. The van der Waals surface area contributed by atoms with Crippen molar-refractivity contribution in [1.29, 1.82) is 0 Å². The number of likely N-dealkylation sites (tertiary alicyclic amines) is 1. The third kappa shape index (κ3) is 4.06. The number of carbonyl (C=O) groups excluding carboxylic acids is 1. The summed E-state index contributed by atoms with van der Waals surface area (Å²) in [4.78, 5) is 19.5. The fourth-order valence-electron chi connectivity index (χ4n) is 4.59. The number of rotatable bonds is 6. The van der Waals surface area contributed by atoms with Crippen LogP contribution in [-0.2, 0) is 16.8 Å². The molecule has 3 aromatic rings. The molecular weight excluding hydrogens is 386 g/mol. The number of para-hydroxylation sites is 2. The second-order valence-electron chi connectivity index (χ2n) is 9.91. The molecule has 5 rings (SSSR count). The van der Waals surface area contributed by atoms with Crippen LogP contribution in [0.3, 0.4) is 0 Å². The Hall–Kier alpha value is -2.82. The van der Waals surface area contributed by atoms with E-state index < -0.39 is 0 Å². The van der Waals surface area contributed by atoms with E-state index in [2.05, 4.69) is 66.6 Å². The molecule has 1 unspecified atom stereocenters. The maximum atomic E-state index is 12.5. The molecule has 2 fully saturated rings. The highest BCUT2D eigenvalue weighted by Crippen LogP contribution is 2.37. The Morgan fingerprint density at radius 3 is 2.52 bits per heavy atom. The lowest BCUT2D eigenvalue weighted by Crippen LogP contribution is -2.27. The van der Waals surface area contributed by atoms with E-state index in [9.17, 15) is 4.79 Å². The summed E-state index contributed by atoms with van der Waals surface area (Å²) in [7, 11) is 0. The second kappa shape index (κ2) is 7.70. The van der Waals surface area contributed by atoms with Crippen molar-refractivity contribution < 1.29 is 9.53 Å². The van der Waals surface area contributed by atoms with Crippen LogP contribution in [0.4, 0.5) is 0 Å². The van der Waals surface area contributed by atoms with Crippen molar-refractivity contribution in [3.63, 3.8) is 0 Å². The number of imidazole rings is 1. The number of nitrogens with zero attached hydrogens (tertiary/aromatic N) is 3. The first kappa shape index (κ1) is 20.1. The summed E-state index contributed by atoms with van der Waals surface area (Å²) >= 11 is 0. The fraction of sp³-hybridized carbons (Fsp3) is 0.462. The Labute approximate surface area is 184 Å². The number of amides is 1. The van der Waals surface area contributed by atoms with E-state index in [1.54, 1.807) is 0 Å². The van der Waals surface area contributed by atoms with Crippen LogP contribution in [0.15, 0.2) is 48.5 Å². The fourth-order valence-corrected chi connectivity index (χ4v) is 4.59. The van der Waals surface area contributed by atoms with E-state index in [1.165, 1.54) is 5.56 Å². The largest absolute Gasteiger partial charge is 0.492 e. The molecule has 162 valence electrons. The Kier molecular flexibility index (Phi) is 4.99.